The molecule has 0 heterocycles. The Kier molecular flexibility index (Phi) is 9.12. The topological polar surface area (TPSA) is 21.7 Å². The molecule has 0 atom stereocenters. The van der Waals surface area contributed by atoms with E-state index < -0.39 is 0 Å². The van der Waals surface area contributed by atoms with Crippen molar-refractivity contribution in [3.8, 4) is 0 Å². The molecule has 3 heteroatoms. The molecule has 0 aliphatic heterocycles. The van der Waals surface area contributed by atoms with Crippen molar-refractivity contribution in [2.75, 3.05) is 40.0 Å². The Bertz CT molecular complexity index is 221. The second-order valence-electron chi connectivity index (χ2n) is 5.90. The third-order valence-corrected chi connectivity index (χ3v) is 2.58. The van der Waals surface area contributed by atoms with Crippen LogP contribution in [0.25, 0.3) is 0 Å². The monoisotopic (exact) mass is 257 g/mol. The zero-order chi connectivity index (χ0) is 14.0. The Morgan fingerprint density at radius 3 is 2.28 bits per heavy atom. The van der Waals surface area contributed by atoms with Crippen molar-refractivity contribution in [2.45, 2.75) is 40.5 Å². The molecule has 0 aliphatic rings. The Morgan fingerprint density at radius 2 is 1.72 bits per heavy atom. The Morgan fingerprint density at radius 1 is 1.11 bits per heavy atom. The summed E-state index contributed by atoms with van der Waals surface area (Å²) in [4.78, 5) is 2.25. The third kappa shape index (κ3) is 10.6. The van der Waals surface area contributed by atoms with Crippen LogP contribution in [0.2, 0.25) is 0 Å². The van der Waals surface area contributed by atoms with E-state index in [0.717, 1.165) is 32.6 Å². The van der Waals surface area contributed by atoms with Gasteiger partial charge in [0, 0.05) is 32.5 Å². The average Bonchev–Trinajstić information content (AvgIpc) is 2.25. The van der Waals surface area contributed by atoms with E-state index in [1.54, 1.807) is 0 Å². The van der Waals surface area contributed by atoms with Crippen LogP contribution in [0.1, 0.15) is 40.5 Å². The Hall–Kier alpha value is -0.540. The van der Waals surface area contributed by atoms with E-state index in [0.29, 0.717) is 18.6 Å². The van der Waals surface area contributed by atoms with Gasteiger partial charge in [0.05, 0.1) is 13.2 Å². The zero-order valence-corrected chi connectivity index (χ0v) is 12.9. The van der Waals surface area contributed by atoms with Crippen LogP contribution in [0.4, 0.5) is 0 Å². The standard InChI is InChI=1S/C15H31NO2/c1-7-17-11-12-18-10-8-9-14(2)16(6)13-15(3,4)5/h2,7-13H2,1,3-6H3. The minimum absolute atomic E-state index is 0.311. The van der Waals surface area contributed by atoms with E-state index in [9.17, 15) is 0 Å². The first-order valence-corrected chi connectivity index (χ1v) is 6.91. The summed E-state index contributed by atoms with van der Waals surface area (Å²) in [5, 5.41) is 0. The lowest BCUT2D eigenvalue weighted by atomic mass is 9.96. The van der Waals surface area contributed by atoms with Crippen molar-refractivity contribution in [1.82, 2.24) is 4.90 Å². The average molecular weight is 257 g/mol. The molecule has 0 unspecified atom stereocenters. The van der Waals surface area contributed by atoms with E-state index in [1.165, 1.54) is 5.70 Å². The number of hydrogen-bond acceptors (Lipinski definition) is 3. The predicted octanol–water partition coefficient (Wildman–Crippen LogP) is 3.31. The summed E-state index contributed by atoms with van der Waals surface area (Å²) in [6.07, 6.45) is 2.03. The predicted molar refractivity (Wildman–Crippen MR) is 77.8 cm³/mol. The molecule has 0 radical (unpaired) electrons. The maximum atomic E-state index is 5.48. The molecule has 0 fully saturated rings. The molecular formula is C15H31NO2. The second-order valence-corrected chi connectivity index (χ2v) is 5.90. The van der Waals surface area contributed by atoms with Gasteiger partial charge in [0.25, 0.3) is 0 Å². The molecule has 108 valence electrons. The van der Waals surface area contributed by atoms with Gasteiger partial charge in [-0.2, -0.15) is 0 Å². The van der Waals surface area contributed by atoms with Gasteiger partial charge in [0.2, 0.25) is 0 Å². The Balaban J connectivity index is 3.52. The fraction of sp³-hybridized carbons (Fsp3) is 0.867. The van der Waals surface area contributed by atoms with Crippen LogP contribution in [0.3, 0.4) is 0 Å². The summed E-state index contributed by atoms with van der Waals surface area (Å²) in [6, 6.07) is 0. The van der Waals surface area contributed by atoms with E-state index in [-0.39, 0.29) is 0 Å². The minimum atomic E-state index is 0.311. The van der Waals surface area contributed by atoms with Crippen LogP contribution in [0, 0.1) is 5.41 Å². The van der Waals surface area contributed by atoms with Gasteiger partial charge in [-0.1, -0.05) is 27.4 Å². The van der Waals surface area contributed by atoms with E-state index in [1.807, 2.05) is 6.92 Å². The number of nitrogens with zero attached hydrogens (tertiary/aromatic N) is 1. The van der Waals surface area contributed by atoms with Gasteiger partial charge in [0.1, 0.15) is 0 Å². The summed E-state index contributed by atoms with van der Waals surface area (Å²) >= 11 is 0. The second kappa shape index (κ2) is 9.40. The fourth-order valence-corrected chi connectivity index (χ4v) is 1.76. The summed E-state index contributed by atoms with van der Waals surface area (Å²) in [5.74, 6) is 0. The van der Waals surface area contributed by atoms with Crippen LogP contribution < -0.4 is 0 Å². The van der Waals surface area contributed by atoms with Gasteiger partial charge in [-0.3, -0.25) is 0 Å². The van der Waals surface area contributed by atoms with Crippen molar-refractivity contribution >= 4 is 0 Å². The summed E-state index contributed by atoms with van der Waals surface area (Å²) in [7, 11) is 2.11. The minimum Gasteiger partial charge on any atom is -0.379 e. The molecule has 0 saturated carbocycles. The molecular weight excluding hydrogens is 226 g/mol. The molecule has 3 nitrogen and oxygen atoms in total. The number of rotatable bonds is 10. The molecule has 0 aliphatic carbocycles. The highest BCUT2D eigenvalue weighted by molar-refractivity contribution is 4.93. The van der Waals surface area contributed by atoms with Crippen LogP contribution in [-0.4, -0.2) is 44.9 Å². The Labute approximate surface area is 113 Å². The first-order chi connectivity index (χ1) is 8.37. The highest BCUT2D eigenvalue weighted by Gasteiger charge is 2.14. The molecule has 0 aromatic rings. The van der Waals surface area contributed by atoms with E-state index >= 15 is 0 Å². The van der Waals surface area contributed by atoms with Crippen molar-refractivity contribution in [3.63, 3.8) is 0 Å². The largest absolute Gasteiger partial charge is 0.379 e. The molecule has 0 amide bonds. The number of ether oxygens (including phenoxy) is 2. The molecule has 0 aromatic heterocycles. The summed E-state index contributed by atoms with van der Waals surface area (Å²) in [5.41, 5.74) is 1.50. The third-order valence-electron chi connectivity index (χ3n) is 2.58. The first kappa shape index (κ1) is 17.5. The van der Waals surface area contributed by atoms with Gasteiger partial charge in [0.15, 0.2) is 0 Å². The van der Waals surface area contributed by atoms with Crippen molar-refractivity contribution in [2.24, 2.45) is 5.41 Å². The molecule has 0 N–H and O–H groups in total. The van der Waals surface area contributed by atoms with Crippen LogP contribution in [0.15, 0.2) is 12.3 Å². The smallest absolute Gasteiger partial charge is 0.0700 e. The van der Waals surface area contributed by atoms with Crippen LogP contribution >= 0.6 is 0 Å². The molecule has 0 rings (SSSR count). The van der Waals surface area contributed by atoms with Crippen molar-refractivity contribution in [1.29, 1.82) is 0 Å². The number of allylic oxidation sites excluding steroid dienone is 1. The highest BCUT2D eigenvalue weighted by Crippen LogP contribution is 2.18. The maximum absolute atomic E-state index is 5.48. The lowest BCUT2D eigenvalue weighted by Crippen LogP contribution is -2.28. The van der Waals surface area contributed by atoms with Gasteiger partial charge >= 0.3 is 0 Å². The molecule has 18 heavy (non-hydrogen) atoms. The van der Waals surface area contributed by atoms with Crippen LogP contribution in [-0.2, 0) is 9.47 Å². The van der Waals surface area contributed by atoms with Gasteiger partial charge < -0.3 is 14.4 Å². The quantitative estimate of drug-likeness (QED) is 0.560. The van der Waals surface area contributed by atoms with Crippen LogP contribution in [0.5, 0.6) is 0 Å². The molecule has 0 spiro atoms. The summed E-state index contributed by atoms with van der Waals surface area (Å²) in [6.45, 7) is 16.8. The van der Waals surface area contributed by atoms with E-state index in [4.69, 9.17) is 9.47 Å². The molecule has 0 bridgehead atoms. The van der Waals surface area contributed by atoms with Crippen molar-refractivity contribution < 1.29 is 9.47 Å². The number of hydrogen-bond donors (Lipinski definition) is 0. The molecule has 0 saturated heterocycles. The maximum Gasteiger partial charge on any atom is 0.0700 e. The lowest BCUT2D eigenvalue weighted by Gasteiger charge is -2.29. The van der Waals surface area contributed by atoms with Gasteiger partial charge in [-0.25, -0.2) is 0 Å². The SMILES string of the molecule is C=C(CCCOCCOCC)N(C)CC(C)(C)C. The van der Waals surface area contributed by atoms with Crippen molar-refractivity contribution in [3.05, 3.63) is 12.3 Å². The zero-order valence-electron chi connectivity index (χ0n) is 12.9. The fourth-order valence-electron chi connectivity index (χ4n) is 1.76. The van der Waals surface area contributed by atoms with E-state index in [2.05, 4.69) is 39.3 Å². The molecule has 0 aromatic carbocycles. The normalized spacial score (nSPS) is 11.6. The highest BCUT2D eigenvalue weighted by atomic mass is 16.5. The van der Waals surface area contributed by atoms with Gasteiger partial charge in [-0.05, 0) is 25.2 Å². The van der Waals surface area contributed by atoms with Gasteiger partial charge in [-0.15, -0.1) is 0 Å². The summed E-state index contributed by atoms with van der Waals surface area (Å²) < 4.78 is 10.7. The first-order valence-electron chi connectivity index (χ1n) is 6.91. The lowest BCUT2D eigenvalue weighted by molar-refractivity contribution is 0.0515.